The van der Waals surface area contributed by atoms with Gasteiger partial charge in [0.25, 0.3) is 0 Å². The second-order valence-corrected chi connectivity index (χ2v) is 5.32. The molecular weight excluding hydrogens is 254 g/mol. The molecule has 1 saturated heterocycles. The van der Waals surface area contributed by atoms with Crippen molar-refractivity contribution >= 4 is 6.03 Å². The Morgan fingerprint density at radius 2 is 2.40 bits per heavy atom. The van der Waals surface area contributed by atoms with E-state index in [1.165, 1.54) is 6.42 Å². The van der Waals surface area contributed by atoms with E-state index in [4.69, 9.17) is 4.74 Å². The fourth-order valence-corrected chi connectivity index (χ4v) is 2.48. The number of hydrogen-bond acceptors (Lipinski definition) is 3. The van der Waals surface area contributed by atoms with Crippen LogP contribution < -0.4 is 10.1 Å². The summed E-state index contributed by atoms with van der Waals surface area (Å²) in [4.78, 5) is 18.0. The van der Waals surface area contributed by atoms with E-state index < -0.39 is 0 Å². The van der Waals surface area contributed by atoms with Gasteiger partial charge in [0.2, 0.25) is 0 Å². The monoisotopic (exact) mass is 277 g/mol. The second-order valence-electron chi connectivity index (χ2n) is 5.32. The highest BCUT2D eigenvalue weighted by Gasteiger charge is 2.27. The van der Waals surface area contributed by atoms with Gasteiger partial charge in [-0.05, 0) is 37.8 Å². The third-order valence-electron chi connectivity index (χ3n) is 3.92. The van der Waals surface area contributed by atoms with Crippen LogP contribution in [0.3, 0.4) is 0 Å². The molecule has 110 valence electrons. The number of urea groups is 1. The van der Waals surface area contributed by atoms with Crippen LogP contribution >= 0.6 is 0 Å². The number of amides is 2. The largest absolute Gasteiger partial charge is 0.490 e. The van der Waals surface area contributed by atoms with Crippen LogP contribution in [-0.2, 0) is 0 Å². The number of ether oxygens (including phenoxy) is 1. The van der Waals surface area contributed by atoms with Crippen molar-refractivity contribution in [3.05, 3.63) is 24.5 Å². The third-order valence-corrected chi connectivity index (χ3v) is 3.92. The minimum atomic E-state index is 0.0128. The highest BCUT2D eigenvalue weighted by molar-refractivity contribution is 5.74. The lowest BCUT2D eigenvalue weighted by Crippen LogP contribution is -2.50. The number of carbonyl (C=O) groups is 1. The van der Waals surface area contributed by atoms with Crippen molar-refractivity contribution in [2.75, 3.05) is 19.7 Å². The summed E-state index contributed by atoms with van der Waals surface area (Å²) in [5, 5.41) is 2.92. The highest BCUT2D eigenvalue weighted by atomic mass is 16.5. The predicted molar refractivity (Wildman–Crippen MR) is 77.7 cm³/mol. The lowest BCUT2D eigenvalue weighted by Gasteiger charge is -2.37. The van der Waals surface area contributed by atoms with Crippen molar-refractivity contribution in [3.8, 4) is 5.75 Å². The SMILES string of the molecule is C[C@@H]1CCCN(C(=O)NCCOc2cccnc2)[C@H]1C. The Labute approximate surface area is 120 Å². The van der Waals surface area contributed by atoms with E-state index in [-0.39, 0.29) is 6.03 Å². The van der Waals surface area contributed by atoms with Crippen LogP contribution in [0.25, 0.3) is 0 Å². The summed E-state index contributed by atoms with van der Waals surface area (Å²) in [7, 11) is 0. The van der Waals surface area contributed by atoms with Gasteiger partial charge in [-0.25, -0.2) is 4.79 Å². The van der Waals surface area contributed by atoms with Gasteiger partial charge in [0.05, 0.1) is 12.7 Å². The maximum absolute atomic E-state index is 12.1. The van der Waals surface area contributed by atoms with Gasteiger partial charge >= 0.3 is 6.03 Å². The smallest absolute Gasteiger partial charge is 0.317 e. The minimum Gasteiger partial charge on any atom is -0.490 e. The number of piperidine rings is 1. The van der Waals surface area contributed by atoms with Crippen LogP contribution in [0.1, 0.15) is 26.7 Å². The number of likely N-dealkylation sites (tertiary alicyclic amines) is 1. The van der Waals surface area contributed by atoms with Gasteiger partial charge < -0.3 is 15.0 Å². The molecule has 1 aliphatic heterocycles. The van der Waals surface area contributed by atoms with Crippen LogP contribution in [0.2, 0.25) is 0 Å². The van der Waals surface area contributed by atoms with Gasteiger partial charge in [-0.2, -0.15) is 0 Å². The molecule has 0 unspecified atom stereocenters. The van der Waals surface area contributed by atoms with Gasteiger partial charge in [-0.1, -0.05) is 6.92 Å². The molecule has 0 aliphatic carbocycles. The lowest BCUT2D eigenvalue weighted by molar-refractivity contribution is 0.127. The Bertz CT molecular complexity index is 424. The Morgan fingerprint density at radius 3 is 3.15 bits per heavy atom. The van der Waals surface area contributed by atoms with Crippen molar-refractivity contribution in [2.45, 2.75) is 32.7 Å². The number of hydrogen-bond donors (Lipinski definition) is 1. The topological polar surface area (TPSA) is 54.5 Å². The van der Waals surface area contributed by atoms with Gasteiger partial charge in [0, 0.05) is 18.8 Å². The average Bonchev–Trinajstić information content (AvgIpc) is 2.47. The Morgan fingerprint density at radius 1 is 1.55 bits per heavy atom. The number of pyridine rings is 1. The molecule has 2 amide bonds. The molecule has 1 aromatic rings. The van der Waals surface area contributed by atoms with Crippen molar-refractivity contribution in [1.82, 2.24) is 15.2 Å². The number of nitrogens with zero attached hydrogens (tertiary/aromatic N) is 2. The van der Waals surface area contributed by atoms with E-state index in [0.717, 1.165) is 18.7 Å². The highest BCUT2D eigenvalue weighted by Crippen LogP contribution is 2.22. The zero-order valence-corrected chi connectivity index (χ0v) is 12.2. The predicted octanol–water partition coefficient (Wildman–Crippen LogP) is 2.29. The minimum absolute atomic E-state index is 0.0128. The molecule has 0 bridgehead atoms. The molecule has 5 heteroatoms. The van der Waals surface area contributed by atoms with Gasteiger partial charge in [-0.3, -0.25) is 4.98 Å². The fourth-order valence-electron chi connectivity index (χ4n) is 2.48. The molecule has 2 atom stereocenters. The molecule has 1 N–H and O–H groups in total. The first-order valence-corrected chi connectivity index (χ1v) is 7.26. The average molecular weight is 277 g/mol. The molecule has 1 fully saturated rings. The molecule has 0 radical (unpaired) electrons. The number of rotatable bonds is 4. The molecule has 2 heterocycles. The first-order valence-electron chi connectivity index (χ1n) is 7.26. The summed E-state index contributed by atoms with van der Waals surface area (Å²) in [5.74, 6) is 1.29. The summed E-state index contributed by atoms with van der Waals surface area (Å²) in [6.45, 7) is 6.13. The van der Waals surface area contributed by atoms with E-state index in [9.17, 15) is 4.79 Å². The molecule has 1 aromatic heterocycles. The maximum Gasteiger partial charge on any atom is 0.317 e. The first kappa shape index (κ1) is 14.6. The molecule has 0 aromatic carbocycles. The second kappa shape index (κ2) is 7.12. The zero-order chi connectivity index (χ0) is 14.4. The molecular formula is C15H23N3O2. The van der Waals surface area contributed by atoms with Crippen molar-refractivity contribution in [2.24, 2.45) is 5.92 Å². The van der Waals surface area contributed by atoms with Crippen molar-refractivity contribution in [1.29, 1.82) is 0 Å². The molecule has 2 rings (SSSR count). The van der Waals surface area contributed by atoms with Crippen molar-refractivity contribution < 1.29 is 9.53 Å². The molecule has 0 saturated carbocycles. The molecule has 5 nitrogen and oxygen atoms in total. The van der Waals surface area contributed by atoms with Crippen LogP contribution in [0, 0.1) is 5.92 Å². The third kappa shape index (κ3) is 3.85. The van der Waals surface area contributed by atoms with Crippen LogP contribution in [-0.4, -0.2) is 41.7 Å². The standard InChI is InChI=1S/C15H23N3O2/c1-12-5-4-9-18(13(12)2)15(19)17-8-10-20-14-6-3-7-16-11-14/h3,6-7,11-13H,4-5,8-10H2,1-2H3,(H,17,19)/t12-,13+/m1/s1. The van der Waals surface area contributed by atoms with Gasteiger partial charge in [0.1, 0.15) is 12.4 Å². The fraction of sp³-hybridized carbons (Fsp3) is 0.600. The summed E-state index contributed by atoms with van der Waals surface area (Å²) < 4.78 is 5.50. The summed E-state index contributed by atoms with van der Waals surface area (Å²) in [5.41, 5.74) is 0. The van der Waals surface area contributed by atoms with E-state index >= 15 is 0 Å². The van der Waals surface area contributed by atoms with E-state index in [1.807, 2.05) is 17.0 Å². The number of aromatic nitrogens is 1. The zero-order valence-electron chi connectivity index (χ0n) is 12.2. The summed E-state index contributed by atoms with van der Waals surface area (Å²) in [6, 6.07) is 4.00. The Balaban J connectivity index is 1.70. The molecule has 20 heavy (non-hydrogen) atoms. The lowest BCUT2D eigenvalue weighted by atomic mass is 9.92. The Kier molecular flexibility index (Phi) is 5.21. The number of carbonyl (C=O) groups excluding carboxylic acids is 1. The molecule has 0 spiro atoms. The van der Waals surface area contributed by atoms with Gasteiger partial charge in [0.15, 0.2) is 0 Å². The normalized spacial score (nSPS) is 22.4. The number of nitrogens with one attached hydrogen (secondary N) is 1. The van der Waals surface area contributed by atoms with Crippen LogP contribution in [0.15, 0.2) is 24.5 Å². The van der Waals surface area contributed by atoms with Crippen LogP contribution in [0.4, 0.5) is 4.79 Å². The summed E-state index contributed by atoms with van der Waals surface area (Å²) >= 11 is 0. The van der Waals surface area contributed by atoms with E-state index in [2.05, 4.69) is 24.1 Å². The Hall–Kier alpha value is -1.78. The van der Waals surface area contributed by atoms with Gasteiger partial charge in [-0.15, -0.1) is 0 Å². The van der Waals surface area contributed by atoms with Crippen molar-refractivity contribution in [3.63, 3.8) is 0 Å². The summed E-state index contributed by atoms with van der Waals surface area (Å²) in [6.07, 6.45) is 5.66. The van der Waals surface area contributed by atoms with E-state index in [0.29, 0.717) is 25.1 Å². The van der Waals surface area contributed by atoms with E-state index in [1.54, 1.807) is 12.4 Å². The first-order chi connectivity index (χ1) is 9.68. The quantitative estimate of drug-likeness (QED) is 0.859. The maximum atomic E-state index is 12.1. The van der Waals surface area contributed by atoms with Crippen LogP contribution in [0.5, 0.6) is 5.75 Å². The molecule has 1 aliphatic rings.